The molecule has 1 aliphatic heterocycles. The van der Waals surface area contributed by atoms with Crippen molar-refractivity contribution in [1.29, 1.82) is 0 Å². The van der Waals surface area contributed by atoms with Crippen LogP contribution in [0.1, 0.15) is 35.6 Å². The third kappa shape index (κ3) is 6.73. The molecule has 3 aromatic rings. The minimum absolute atomic E-state index is 0.111. The SMILES string of the molecule is COc1cc(/C=C2/C(C)=C(CC(=O)NCc3ccccc3)c3cc(F)ccc32)cc(OC)c1OC(=O)N1CCN(C)CC1. The first-order valence-electron chi connectivity index (χ1n) is 14.2. The van der Waals surface area contributed by atoms with Crippen molar-refractivity contribution >= 4 is 29.2 Å². The molecule has 1 N–H and O–H groups in total. The van der Waals surface area contributed by atoms with E-state index in [4.69, 9.17) is 14.2 Å². The molecule has 5 rings (SSSR count). The van der Waals surface area contributed by atoms with Gasteiger partial charge in [0.05, 0.1) is 20.6 Å². The maximum absolute atomic E-state index is 14.4. The van der Waals surface area contributed by atoms with Gasteiger partial charge in [-0.1, -0.05) is 36.4 Å². The van der Waals surface area contributed by atoms with Gasteiger partial charge >= 0.3 is 6.09 Å². The Bertz CT molecular complexity index is 1550. The fraction of sp³-hybridized carbons (Fsp3) is 0.294. The lowest BCUT2D eigenvalue weighted by atomic mass is 10.00. The number of methoxy groups -OCH3 is 2. The number of amides is 2. The molecule has 3 aromatic carbocycles. The molecule has 0 saturated carbocycles. The van der Waals surface area contributed by atoms with Crippen LogP contribution >= 0.6 is 0 Å². The Hall–Kier alpha value is -4.63. The van der Waals surface area contributed by atoms with Crippen LogP contribution in [0, 0.1) is 5.82 Å². The Labute approximate surface area is 251 Å². The maximum atomic E-state index is 14.4. The smallest absolute Gasteiger partial charge is 0.415 e. The molecule has 0 aromatic heterocycles. The maximum Gasteiger partial charge on any atom is 0.415 e. The second-order valence-electron chi connectivity index (χ2n) is 10.7. The highest BCUT2D eigenvalue weighted by Gasteiger charge is 2.27. The number of allylic oxidation sites excluding steroid dienone is 2. The molecule has 0 radical (unpaired) electrons. The molecule has 1 aliphatic carbocycles. The zero-order valence-electron chi connectivity index (χ0n) is 24.9. The van der Waals surface area contributed by atoms with Gasteiger partial charge in [0.1, 0.15) is 5.82 Å². The Morgan fingerprint density at radius 3 is 2.26 bits per heavy atom. The van der Waals surface area contributed by atoms with E-state index in [1.54, 1.807) is 23.1 Å². The Morgan fingerprint density at radius 2 is 1.60 bits per heavy atom. The van der Waals surface area contributed by atoms with Crippen molar-refractivity contribution in [3.63, 3.8) is 0 Å². The lowest BCUT2D eigenvalue weighted by molar-refractivity contribution is -0.120. The van der Waals surface area contributed by atoms with E-state index >= 15 is 0 Å². The highest BCUT2D eigenvalue weighted by atomic mass is 19.1. The Balaban J connectivity index is 1.43. The molecular formula is C34H36FN3O5. The minimum atomic E-state index is -0.462. The summed E-state index contributed by atoms with van der Waals surface area (Å²) in [6.07, 6.45) is 1.59. The summed E-state index contributed by atoms with van der Waals surface area (Å²) < 4.78 is 31.4. The summed E-state index contributed by atoms with van der Waals surface area (Å²) in [6.45, 7) is 5.03. The summed E-state index contributed by atoms with van der Waals surface area (Å²) in [7, 11) is 5.02. The molecular weight excluding hydrogens is 549 g/mol. The van der Waals surface area contributed by atoms with E-state index in [1.807, 2.05) is 50.4 Å². The van der Waals surface area contributed by atoms with Gasteiger partial charge in [-0.2, -0.15) is 0 Å². The van der Waals surface area contributed by atoms with Crippen molar-refractivity contribution in [2.24, 2.45) is 0 Å². The number of hydrogen-bond donors (Lipinski definition) is 1. The molecule has 8 nitrogen and oxygen atoms in total. The molecule has 0 bridgehead atoms. The summed E-state index contributed by atoms with van der Waals surface area (Å²) in [4.78, 5) is 29.7. The van der Waals surface area contributed by atoms with Gasteiger partial charge < -0.3 is 29.3 Å². The second kappa shape index (κ2) is 13.1. The number of halogens is 1. The fourth-order valence-electron chi connectivity index (χ4n) is 5.39. The van der Waals surface area contributed by atoms with Crippen molar-refractivity contribution in [2.45, 2.75) is 19.9 Å². The molecule has 1 saturated heterocycles. The summed E-state index contributed by atoms with van der Waals surface area (Å²) in [5.41, 5.74) is 5.74. The Kier molecular flexibility index (Phi) is 9.11. The number of rotatable bonds is 8. The first-order chi connectivity index (χ1) is 20.8. The predicted octanol–water partition coefficient (Wildman–Crippen LogP) is 5.62. The van der Waals surface area contributed by atoms with Gasteiger partial charge in [0.15, 0.2) is 11.5 Å². The van der Waals surface area contributed by atoms with Crippen LogP contribution in [0.25, 0.3) is 17.2 Å². The lowest BCUT2D eigenvalue weighted by Gasteiger charge is -2.31. The predicted molar refractivity (Wildman–Crippen MR) is 164 cm³/mol. The van der Waals surface area contributed by atoms with Gasteiger partial charge in [0.25, 0.3) is 0 Å². The van der Waals surface area contributed by atoms with Crippen LogP contribution in [-0.2, 0) is 11.3 Å². The number of piperazine rings is 1. The molecule has 1 heterocycles. The number of fused-ring (bicyclic) bond motifs is 1. The summed E-state index contributed by atoms with van der Waals surface area (Å²) in [5, 5.41) is 2.97. The van der Waals surface area contributed by atoms with Gasteiger partial charge in [-0.15, -0.1) is 0 Å². The van der Waals surface area contributed by atoms with Crippen molar-refractivity contribution in [3.8, 4) is 17.2 Å². The van der Waals surface area contributed by atoms with Crippen LogP contribution in [0.15, 0.2) is 66.2 Å². The van der Waals surface area contributed by atoms with Crippen molar-refractivity contribution < 1.29 is 28.2 Å². The van der Waals surface area contributed by atoms with Gasteiger partial charge in [0, 0.05) is 32.7 Å². The molecule has 0 unspecified atom stereocenters. The molecule has 2 amide bonds. The molecule has 0 atom stereocenters. The number of ether oxygens (including phenoxy) is 3. The molecule has 1 fully saturated rings. The van der Waals surface area contributed by atoms with Gasteiger partial charge in [-0.25, -0.2) is 9.18 Å². The first-order valence-corrected chi connectivity index (χ1v) is 14.2. The van der Waals surface area contributed by atoms with Gasteiger partial charge in [-0.3, -0.25) is 4.79 Å². The van der Waals surface area contributed by atoms with E-state index in [2.05, 4.69) is 10.2 Å². The molecule has 43 heavy (non-hydrogen) atoms. The minimum Gasteiger partial charge on any atom is -0.493 e. The third-order valence-corrected chi connectivity index (χ3v) is 7.87. The number of carbonyl (C=O) groups excluding carboxylic acids is 2. The van der Waals surface area contributed by atoms with Gasteiger partial charge in [0.2, 0.25) is 11.7 Å². The molecule has 2 aliphatic rings. The van der Waals surface area contributed by atoms with Crippen molar-refractivity contribution in [2.75, 3.05) is 47.4 Å². The fourth-order valence-corrected chi connectivity index (χ4v) is 5.39. The zero-order valence-corrected chi connectivity index (χ0v) is 24.9. The van der Waals surface area contributed by atoms with E-state index in [-0.39, 0.29) is 23.9 Å². The number of hydrogen-bond acceptors (Lipinski definition) is 6. The summed E-state index contributed by atoms with van der Waals surface area (Å²) in [6, 6.07) is 17.8. The number of nitrogens with zero attached hydrogens (tertiary/aromatic N) is 2. The largest absolute Gasteiger partial charge is 0.493 e. The van der Waals surface area contributed by atoms with Crippen molar-refractivity contribution in [3.05, 3.63) is 94.3 Å². The van der Waals surface area contributed by atoms with Crippen LogP contribution < -0.4 is 19.5 Å². The van der Waals surface area contributed by atoms with Crippen molar-refractivity contribution in [1.82, 2.24) is 15.1 Å². The molecule has 224 valence electrons. The average Bonchev–Trinajstić information content (AvgIpc) is 3.26. The summed E-state index contributed by atoms with van der Waals surface area (Å²) >= 11 is 0. The number of likely N-dealkylation sites (N-methyl/N-ethyl adjacent to an activating group) is 1. The zero-order chi connectivity index (χ0) is 30.5. The van der Waals surface area contributed by atoms with Crippen LogP contribution in [0.3, 0.4) is 0 Å². The lowest BCUT2D eigenvalue weighted by Crippen LogP contribution is -2.48. The molecule has 9 heteroatoms. The standard InChI is InChI=1S/C34H36FN3O5/c1-22-27(26-11-10-25(35)19-29(26)28(22)20-32(39)36-21-23-8-6-5-7-9-23)16-24-17-30(41-3)33(31(18-24)42-4)43-34(40)38-14-12-37(2)13-15-38/h5-11,16-19H,12-15,20-21H2,1-4H3,(H,36,39)/b27-16-. The number of benzene rings is 3. The quantitative estimate of drug-likeness (QED) is 0.370. The second-order valence-corrected chi connectivity index (χ2v) is 10.7. The highest BCUT2D eigenvalue weighted by molar-refractivity contribution is 6.08. The van der Waals surface area contributed by atoms with Gasteiger partial charge in [-0.05, 0) is 83.3 Å². The van der Waals surface area contributed by atoms with Crippen LogP contribution in [0.2, 0.25) is 0 Å². The van der Waals surface area contributed by atoms with Crippen LogP contribution in [0.4, 0.5) is 9.18 Å². The van der Waals surface area contributed by atoms with E-state index in [9.17, 15) is 14.0 Å². The first kappa shape index (κ1) is 29.8. The van der Waals surface area contributed by atoms with E-state index < -0.39 is 6.09 Å². The number of carbonyl (C=O) groups is 2. The topological polar surface area (TPSA) is 80.3 Å². The normalized spacial score (nSPS) is 15.8. The number of nitrogens with one attached hydrogen (secondary N) is 1. The van der Waals surface area contributed by atoms with Crippen LogP contribution in [-0.4, -0.2) is 69.2 Å². The highest BCUT2D eigenvalue weighted by Crippen LogP contribution is 2.45. The Morgan fingerprint density at radius 1 is 0.930 bits per heavy atom. The molecule has 0 spiro atoms. The average molecular weight is 586 g/mol. The van der Waals surface area contributed by atoms with E-state index in [1.165, 1.54) is 26.4 Å². The van der Waals surface area contributed by atoms with E-state index in [0.717, 1.165) is 46.5 Å². The monoisotopic (exact) mass is 585 g/mol. The summed E-state index contributed by atoms with van der Waals surface area (Å²) in [5.74, 6) is 0.365. The third-order valence-electron chi connectivity index (χ3n) is 7.87. The van der Waals surface area contributed by atoms with Crippen LogP contribution in [0.5, 0.6) is 17.2 Å². The van der Waals surface area contributed by atoms with E-state index in [0.29, 0.717) is 36.7 Å².